The third kappa shape index (κ3) is 3.39. The van der Waals surface area contributed by atoms with Crippen molar-refractivity contribution in [2.45, 2.75) is 32.0 Å². The van der Waals surface area contributed by atoms with Gasteiger partial charge in [0, 0.05) is 20.3 Å². The maximum absolute atomic E-state index is 12.6. The van der Waals surface area contributed by atoms with E-state index in [4.69, 9.17) is 4.74 Å². The van der Waals surface area contributed by atoms with Gasteiger partial charge < -0.3 is 4.74 Å². The van der Waals surface area contributed by atoms with Gasteiger partial charge in [-0.2, -0.15) is 12.7 Å². The summed E-state index contributed by atoms with van der Waals surface area (Å²) in [7, 11) is -0.924. The molecule has 2 rings (SSSR count). The molecule has 0 aliphatic carbocycles. The van der Waals surface area contributed by atoms with E-state index in [0.29, 0.717) is 5.56 Å². The van der Waals surface area contributed by atoms with Gasteiger partial charge in [0.05, 0.1) is 0 Å². The molecule has 0 saturated carbocycles. The lowest BCUT2D eigenvalue weighted by Gasteiger charge is -2.43. The molecule has 1 aliphatic rings. The van der Waals surface area contributed by atoms with Crippen molar-refractivity contribution in [3.05, 3.63) is 48.2 Å². The first-order valence-corrected chi connectivity index (χ1v) is 8.87. The second kappa shape index (κ2) is 6.10. The van der Waals surface area contributed by atoms with Crippen molar-refractivity contribution in [3.63, 3.8) is 0 Å². The molecule has 8 heteroatoms. The molecular weight excluding hydrogens is 330 g/mol. The van der Waals surface area contributed by atoms with E-state index in [2.05, 4.69) is 5.32 Å². The molecule has 0 bridgehead atoms. The third-order valence-corrected chi connectivity index (χ3v) is 5.47. The van der Waals surface area contributed by atoms with E-state index in [9.17, 15) is 13.2 Å². The van der Waals surface area contributed by atoms with Crippen LogP contribution >= 0.6 is 0 Å². The fraction of sp³-hybridized carbons (Fsp3) is 0.438. The summed E-state index contributed by atoms with van der Waals surface area (Å²) < 4.78 is 32.7. The highest BCUT2D eigenvalue weighted by molar-refractivity contribution is 7.86. The lowest BCUT2D eigenvalue weighted by molar-refractivity contribution is 0.0406. The number of alkyl carbamates (subject to hydrolysis) is 1. The van der Waals surface area contributed by atoms with E-state index in [1.54, 1.807) is 51.1 Å². The van der Waals surface area contributed by atoms with Gasteiger partial charge in [0.25, 0.3) is 0 Å². The lowest BCUT2D eigenvalue weighted by Crippen LogP contribution is -2.61. The maximum Gasteiger partial charge on any atom is 0.409 e. The van der Waals surface area contributed by atoms with E-state index in [-0.39, 0.29) is 0 Å². The predicted octanol–water partition coefficient (Wildman–Crippen LogP) is 2.00. The Morgan fingerprint density at radius 3 is 2.29 bits per heavy atom. The lowest BCUT2D eigenvalue weighted by atomic mass is 9.99. The van der Waals surface area contributed by atoms with E-state index >= 15 is 0 Å². The first-order valence-electron chi connectivity index (χ1n) is 7.47. The average Bonchev–Trinajstić information content (AvgIpc) is 2.48. The zero-order valence-electron chi connectivity index (χ0n) is 14.5. The fourth-order valence-corrected chi connectivity index (χ4v) is 3.57. The van der Waals surface area contributed by atoms with Crippen molar-refractivity contribution in [3.8, 4) is 0 Å². The Bertz CT molecular complexity index is 740. The van der Waals surface area contributed by atoms with E-state index in [1.165, 1.54) is 20.3 Å². The van der Waals surface area contributed by atoms with E-state index in [1.807, 2.05) is 6.07 Å². The molecule has 1 aromatic carbocycles. The molecule has 7 nitrogen and oxygen atoms in total. The van der Waals surface area contributed by atoms with Crippen LogP contribution in [0.15, 0.2) is 42.6 Å². The Balaban J connectivity index is 2.52. The van der Waals surface area contributed by atoms with Crippen molar-refractivity contribution in [2.75, 3.05) is 14.1 Å². The molecule has 1 N–H and O–H groups in total. The number of hydrogen-bond donors (Lipinski definition) is 1. The SMILES string of the molecule is CN1C=CC(NC(=O)OC(C)(C)C)(c2ccccc2)N(C)S1(=O)=O. The molecule has 0 saturated heterocycles. The van der Waals surface area contributed by atoms with Gasteiger partial charge in [-0.3, -0.25) is 9.62 Å². The van der Waals surface area contributed by atoms with Crippen LogP contribution in [0.25, 0.3) is 0 Å². The summed E-state index contributed by atoms with van der Waals surface area (Å²) in [6.45, 7) is 5.23. The zero-order chi connectivity index (χ0) is 18.2. The number of amides is 1. The number of benzene rings is 1. The Morgan fingerprint density at radius 2 is 1.75 bits per heavy atom. The van der Waals surface area contributed by atoms with Crippen LogP contribution in [0.2, 0.25) is 0 Å². The number of ether oxygens (including phenoxy) is 1. The molecule has 1 amide bonds. The molecule has 0 spiro atoms. The number of rotatable bonds is 2. The van der Waals surface area contributed by atoms with Crippen molar-refractivity contribution in [1.82, 2.24) is 13.9 Å². The van der Waals surface area contributed by atoms with E-state index in [0.717, 1.165) is 8.61 Å². The summed E-state index contributed by atoms with van der Waals surface area (Å²) in [6.07, 6.45) is 2.33. The molecule has 132 valence electrons. The summed E-state index contributed by atoms with van der Waals surface area (Å²) in [5.74, 6) is 0. The van der Waals surface area contributed by atoms with Gasteiger partial charge in [-0.05, 0) is 32.4 Å². The van der Waals surface area contributed by atoms with Gasteiger partial charge in [0.1, 0.15) is 5.60 Å². The minimum Gasteiger partial charge on any atom is -0.444 e. The largest absolute Gasteiger partial charge is 0.444 e. The Morgan fingerprint density at radius 1 is 1.17 bits per heavy atom. The molecule has 1 aromatic rings. The Labute approximate surface area is 143 Å². The number of hydrogen-bond acceptors (Lipinski definition) is 4. The van der Waals surface area contributed by atoms with Gasteiger partial charge >= 0.3 is 16.3 Å². The van der Waals surface area contributed by atoms with Crippen molar-refractivity contribution in [1.29, 1.82) is 0 Å². The summed E-state index contributed by atoms with van der Waals surface area (Å²) in [5, 5.41) is 2.70. The highest BCUT2D eigenvalue weighted by Gasteiger charge is 2.46. The molecule has 1 aliphatic heterocycles. The second-order valence-corrected chi connectivity index (χ2v) is 8.59. The van der Waals surface area contributed by atoms with Crippen LogP contribution in [0.3, 0.4) is 0 Å². The molecule has 0 radical (unpaired) electrons. The smallest absolute Gasteiger partial charge is 0.409 e. The highest BCUT2D eigenvalue weighted by atomic mass is 32.2. The summed E-state index contributed by atoms with van der Waals surface area (Å²) >= 11 is 0. The molecule has 24 heavy (non-hydrogen) atoms. The minimum atomic E-state index is -3.78. The number of nitrogens with zero attached hydrogens (tertiary/aromatic N) is 2. The maximum atomic E-state index is 12.6. The number of carbonyl (C=O) groups excluding carboxylic acids is 1. The van der Waals surface area contributed by atoms with Gasteiger partial charge in [0.2, 0.25) is 0 Å². The normalized spacial score (nSPS) is 23.8. The molecule has 1 unspecified atom stereocenters. The summed E-state index contributed by atoms with van der Waals surface area (Å²) in [5.41, 5.74) is -1.46. The molecule has 1 atom stereocenters. The fourth-order valence-electron chi connectivity index (χ4n) is 2.39. The van der Waals surface area contributed by atoms with Crippen LogP contribution in [0, 0.1) is 0 Å². The Kier molecular flexibility index (Phi) is 4.65. The zero-order valence-corrected chi connectivity index (χ0v) is 15.3. The number of carbonyl (C=O) groups is 1. The Hall–Kier alpha value is -2.06. The van der Waals surface area contributed by atoms with Crippen LogP contribution in [0.5, 0.6) is 0 Å². The average molecular weight is 353 g/mol. The molecule has 1 heterocycles. The summed E-state index contributed by atoms with van der Waals surface area (Å²) in [6, 6.07) is 8.87. The second-order valence-electron chi connectivity index (χ2n) is 6.57. The first kappa shape index (κ1) is 18.3. The van der Waals surface area contributed by atoms with Crippen LogP contribution < -0.4 is 5.32 Å². The van der Waals surface area contributed by atoms with Crippen molar-refractivity contribution < 1.29 is 17.9 Å². The number of nitrogens with one attached hydrogen (secondary N) is 1. The van der Waals surface area contributed by atoms with Crippen molar-refractivity contribution >= 4 is 16.3 Å². The van der Waals surface area contributed by atoms with Gasteiger partial charge in [0.15, 0.2) is 5.66 Å². The molecule has 0 fully saturated rings. The minimum absolute atomic E-state index is 0.603. The quantitative estimate of drug-likeness (QED) is 0.882. The van der Waals surface area contributed by atoms with Crippen LogP contribution in [-0.4, -0.2) is 42.8 Å². The standard InChI is InChI=1S/C16H23N3O4S/c1-15(2,3)23-14(20)17-16(13-9-7-6-8-10-13)11-12-18(4)24(21,22)19(16)5/h6-12H,1-5H3,(H,17,20). The monoisotopic (exact) mass is 353 g/mol. The van der Waals surface area contributed by atoms with Gasteiger partial charge in [-0.15, -0.1) is 0 Å². The van der Waals surface area contributed by atoms with Gasteiger partial charge in [-0.25, -0.2) is 4.79 Å². The molecular formula is C16H23N3O4S. The van der Waals surface area contributed by atoms with E-state index < -0.39 is 27.6 Å². The highest BCUT2D eigenvalue weighted by Crippen LogP contribution is 2.33. The van der Waals surface area contributed by atoms with Crippen LogP contribution in [0.4, 0.5) is 4.79 Å². The van der Waals surface area contributed by atoms with Crippen LogP contribution in [0.1, 0.15) is 26.3 Å². The van der Waals surface area contributed by atoms with Crippen molar-refractivity contribution in [2.24, 2.45) is 0 Å². The first-order chi connectivity index (χ1) is 11.0. The topological polar surface area (TPSA) is 79.0 Å². The molecule has 0 aromatic heterocycles. The third-order valence-electron chi connectivity index (χ3n) is 3.64. The van der Waals surface area contributed by atoms with Gasteiger partial charge in [-0.1, -0.05) is 30.3 Å². The van der Waals surface area contributed by atoms with Crippen LogP contribution in [-0.2, 0) is 20.6 Å². The number of likely N-dealkylation sites (N-methyl/N-ethyl adjacent to an activating group) is 1. The summed E-state index contributed by atoms with van der Waals surface area (Å²) in [4.78, 5) is 12.3. The predicted molar refractivity (Wildman–Crippen MR) is 91.1 cm³/mol.